The minimum absolute atomic E-state index is 0.161. The Morgan fingerprint density at radius 2 is 1.89 bits per heavy atom. The summed E-state index contributed by atoms with van der Waals surface area (Å²) in [7, 11) is 0. The highest BCUT2D eigenvalue weighted by Gasteiger charge is 2.31. The Hall–Kier alpha value is -1.79. The quantitative estimate of drug-likeness (QED) is 0.606. The van der Waals surface area contributed by atoms with E-state index < -0.39 is 12.0 Å². The molecule has 1 unspecified atom stereocenters. The maximum absolute atomic E-state index is 11.8. The molecule has 0 aliphatic carbocycles. The number of carbonyl (C=O) groups excluding carboxylic acids is 2. The van der Waals surface area contributed by atoms with Crippen LogP contribution in [0.1, 0.15) is 26.2 Å². The summed E-state index contributed by atoms with van der Waals surface area (Å²) in [5.41, 5.74) is 0. The molecule has 1 saturated heterocycles. The molecule has 0 bridgehead atoms. The molecule has 1 atom stereocenters. The minimum atomic E-state index is -0.966. The summed E-state index contributed by atoms with van der Waals surface area (Å²) in [5.74, 6) is -1.13. The SMILES string of the molecule is CC(=O)NCCNC(=O)N1CCCCC1C(=O)O. The summed E-state index contributed by atoms with van der Waals surface area (Å²) >= 11 is 0. The average Bonchev–Trinajstić information content (AvgIpc) is 2.34. The molecule has 1 aliphatic heterocycles. The van der Waals surface area contributed by atoms with E-state index in [0.717, 1.165) is 12.8 Å². The topological polar surface area (TPSA) is 98.7 Å². The van der Waals surface area contributed by atoms with E-state index in [2.05, 4.69) is 10.6 Å². The molecule has 1 fully saturated rings. The molecule has 0 saturated carbocycles. The lowest BCUT2D eigenvalue weighted by atomic mass is 10.0. The Labute approximate surface area is 106 Å². The largest absolute Gasteiger partial charge is 0.480 e. The van der Waals surface area contributed by atoms with Gasteiger partial charge in [0.25, 0.3) is 0 Å². The van der Waals surface area contributed by atoms with E-state index in [-0.39, 0.29) is 11.9 Å². The lowest BCUT2D eigenvalue weighted by Crippen LogP contribution is -2.52. The van der Waals surface area contributed by atoms with E-state index in [1.165, 1.54) is 11.8 Å². The van der Waals surface area contributed by atoms with Crippen molar-refractivity contribution in [3.8, 4) is 0 Å². The van der Waals surface area contributed by atoms with Crippen LogP contribution in [0.25, 0.3) is 0 Å². The van der Waals surface area contributed by atoms with Crippen molar-refractivity contribution in [3.05, 3.63) is 0 Å². The molecule has 7 nitrogen and oxygen atoms in total. The van der Waals surface area contributed by atoms with Crippen LogP contribution in [0.4, 0.5) is 4.79 Å². The number of piperidine rings is 1. The van der Waals surface area contributed by atoms with Gasteiger partial charge in [0.05, 0.1) is 0 Å². The number of nitrogens with one attached hydrogen (secondary N) is 2. The van der Waals surface area contributed by atoms with Gasteiger partial charge in [-0.1, -0.05) is 0 Å². The fourth-order valence-electron chi connectivity index (χ4n) is 1.94. The van der Waals surface area contributed by atoms with Crippen LogP contribution in [0.2, 0.25) is 0 Å². The van der Waals surface area contributed by atoms with Gasteiger partial charge < -0.3 is 20.6 Å². The van der Waals surface area contributed by atoms with Gasteiger partial charge in [-0.05, 0) is 19.3 Å². The number of rotatable bonds is 4. The second-order valence-electron chi connectivity index (χ2n) is 4.26. The third-order valence-corrected chi connectivity index (χ3v) is 2.82. The lowest BCUT2D eigenvalue weighted by Gasteiger charge is -2.32. The first kappa shape index (κ1) is 14.3. The van der Waals surface area contributed by atoms with Gasteiger partial charge in [-0.25, -0.2) is 9.59 Å². The fourth-order valence-corrected chi connectivity index (χ4v) is 1.94. The first-order valence-electron chi connectivity index (χ1n) is 6.04. The number of nitrogens with zero attached hydrogens (tertiary/aromatic N) is 1. The van der Waals surface area contributed by atoms with Crippen LogP contribution in [-0.4, -0.2) is 53.6 Å². The molecular formula is C11H19N3O4. The van der Waals surface area contributed by atoms with Crippen LogP contribution in [-0.2, 0) is 9.59 Å². The Morgan fingerprint density at radius 1 is 1.22 bits per heavy atom. The molecular weight excluding hydrogens is 238 g/mol. The van der Waals surface area contributed by atoms with E-state index in [0.29, 0.717) is 26.1 Å². The van der Waals surface area contributed by atoms with Crippen molar-refractivity contribution in [2.24, 2.45) is 0 Å². The number of carboxylic acids is 1. The van der Waals surface area contributed by atoms with Gasteiger partial charge in [-0.15, -0.1) is 0 Å². The Morgan fingerprint density at radius 3 is 2.50 bits per heavy atom. The molecule has 1 aliphatic rings. The highest BCUT2D eigenvalue weighted by Crippen LogP contribution is 2.16. The molecule has 0 spiro atoms. The summed E-state index contributed by atoms with van der Waals surface area (Å²) in [6.07, 6.45) is 2.14. The normalized spacial score (nSPS) is 19.2. The zero-order valence-corrected chi connectivity index (χ0v) is 10.4. The van der Waals surface area contributed by atoms with E-state index in [1.807, 2.05) is 0 Å². The monoisotopic (exact) mass is 257 g/mol. The van der Waals surface area contributed by atoms with Crippen LogP contribution in [0.15, 0.2) is 0 Å². The lowest BCUT2D eigenvalue weighted by molar-refractivity contribution is -0.143. The van der Waals surface area contributed by atoms with E-state index in [9.17, 15) is 14.4 Å². The van der Waals surface area contributed by atoms with Gasteiger partial charge in [-0.2, -0.15) is 0 Å². The Balaban J connectivity index is 2.38. The summed E-state index contributed by atoms with van der Waals surface area (Å²) in [6.45, 7) is 2.49. The molecule has 1 heterocycles. The predicted octanol–water partition coefficient (Wildman–Crippen LogP) is -0.229. The minimum Gasteiger partial charge on any atom is -0.480 e. The molecule has 0 radical (unpaired) electrons. The molecule has 1 rings (SSSR count). The van der Waals surface area contributed by atoms with Gasteiger partial charge >= 0.3 is 12.0 Å². The molecule has 0 aromatic heterocycles. The molecule has 3 N–H and O–H groups in total. The maximum Gasteiger partial charge on any atom is 0.326 e. The van der Waals surface area contributed by atoms with E-state index >= 15 is 0 Å². The molecule has 0 aromatic rings. The zero-order chi connectivity index (χ0) is 13.5. The maximum atomic E-state index is 11.8. The van der Waals surface area contributed by atoms with Gasteiger partial charge in [-0.3, -0.25) is 4.79 Å². The number of carbonyl (C=O) groups is 3. The van der Waals surface area contributed by atoms with E-state index in [1.54, 1.807) is 0 Å². The van der Waals surface area contributed by atoms with Gasteiger partial charge in [0, 0.05) is 26.6 Å². The summed E-state index contributed by atoms with van der Waals surface area (Å²) < 4.78 is 0. The standard InChI is InChI=1S/C11H19N3O4/c1-8(15)12-5-6-13-11(18)14-7-3-2-4-9(14)10(16)17/h9H,2-7H2,1H3,(H,12,15)(H,13,18)(H,16,17). The second kappa shape index (κ2) is 6.83. The fraction of sp³-hybridized carbons (Fsp3) is 0.727. The molecule has 7 heteroatoms. The predicted molar refractivity (Wildman–Crippen MR) is 64.1 cm³/mol. The van der Waals surface area contributed by atoms with Crippen molar-refractivity contribution in [3.63, 3.8) is 0 Å². The average molecular weight is 257 g/mol. The van der Waals surface area contributed by atoms with Crippen molar-refractivity contribution >= 4 is 17.9 Å². The zero-order valence-electron chi connectivity index (χ0n) is 10.4. The van der Waals surface area contributed by atoms with Gasteiger partial charge in [0.2, 0.25) is 5.91 Å². The first-order valence-corrected chi connectivity index (χ1v) is 6.04. The van der Waals surface area contributed by atoms with Crippen LogP contribution in [0, 0.1) is 0 Å². The van der Waals surface area contributed by atoms with Crippen LogP contribution >= 0.6 is 0 Å². The van der Waals surface area contributed by atoms with Gasteiger partial charge in [0.15, 0.2) is 0 Å². The van der Waals surface area contributed by atoms with Crippen LogP contribution in [0.5, 0.6) is 0 Å². The molecule has 102 valence electrons. The number of urea groups is 1. The number of amides is 3. The Bertz CT molecular complexity index is 332. The van der Waals surface area contributed by atoms with Crippen molar-refractivity contribution in [1.29, 1.82) is 0 Å². The molecule has 0 aromatic carbocycles. The molecule has 18 heavy (non-hydrogen) atoms. The first-order chi connectivity index (χ1) is 8.52. The smallest absolute Gasteiger partial charge is 0.326 e. The molecule has 3 amide bonds. The summed E-state index contributed by atoms with van der Waals surface area (Å²) in [4.78, 5) is 34.8. The van der Waals surface area contributed by atoms with Crippen LogP contribution < -0.4 is 10.6 Å². The van der Waals surface area contributed by atoms with Crippen molar-refractivity contribution in [2.45, 2.75) is 32.2 Å². The second-order valence-corrected chi connectivity index (χ2v) is 4.26. The number of aliphatic carboxylic acids is 1. The third-order valence-electron chi connectivity index (χ3n) is 2.82. The number of hydrogen-bond acceptors (Lipinski definition) is 3. The van der Waals surface area contributed by atoms with Gasteiger partial charge in [0.1, 0.15) is 6.04 Å². The number of hydrogen-bond donors (Lipinski definition) is 3. The van der Waals surface area contributed by atoms with Crippen molar-refractivity contribution < 1.29 is 19.5 Å². The summed E-state index contributed by atoms with van der Waals surface area (Å²) in [5, 5.41) is 14.2. The highest BCUT2D eigenvalue weighted by molar-refractivity contribution is 5.82. The summed E-state index contributed by atoms with van der Waals surface area (Å²) in [6, 6.07) is -1.12. The Kier molecular flexibility index (Phi) is 5.41. The van der Waals surface area contributed by atoms with Crippen LogP contribution in [0.3, 0.4) is 0 Å². The highest BCUT2D eigenvalue weighted by atomic mass is 16.4. The van der Waals surface area contributed by atoms with E-state index in [4.69, 9.17) is 5.11 Å². The van der Waals surface area contributed by atoms with Crippen molar-refractivity contribution in [2.75, 3.05) is 19.6 Å². The number of carboxylic acid groups (broad SMARTS) is 1. The number of likely N-dealkylation sites (tertiary alicyclic amines) is 1. The van der Waals surface area contributed by atoms with Crippen molar-refractivity contribution in [1.82, 2.24) is 15.5 Å². The third kappa shape index (κ3) is 4.23.